The first-order valence-electron chi connectivity index (χ1n) is 17.5. The fourth-order valence-corrected chi connectivity index (χ4v) is 8.57. The van der Waals surface area contributed by atoms with E-state index in [1.165, 1.54) is 0 Å². The van der Waals surface area contributed by atoms with Gasteiger partial charge in [0, 0.05) is 32.2 Å². The van der Waals surface area contributed by atoms with Crippen LogP contribution in [0.15, 0.2) is 121 Å². The molecule has 0 amide bonds. The van der Waals surface area contributed by atoms with Gasteiger partial charge in [0.1, 0.15) is 0 Å². The zero-order chi connectivity index (χ0) is 38.4. The molecule has 1 aliphatic heterocycles. The quantitative estimate of drug-likeness (QED) is 0.0850. The summed E-state index contributed by atoms with van der Waals surface area (Å²) in [6.07, 6.45) is 0.239. The van der Waals surface area contributed by atoms with Gasteiger partial charge >= 0.3 is 15.2 Å². The third kappa shape index (κ3) is 17.3. The van der Waals surface area contributed by atoms with Crippen molar-refractivity contribution in [3.8, 4) is 0 Å². The number of hydrogen-bond donors (Lipinski definition) is 3. The Morgan fingerprint density at radius 3 is 1.19 bits per heavy atom. The maximum atomic E-state index is 13.4. The van der Waals surface area contributed by atoms with E-state index in [1.54, 1.807) is 0 Å². The molecule has 0 bridgehead atoms. The second kappa shape index (κ2) is 23.7. The van der Waals surface area contributed by atoms with E-state index < -0.39 is 26.9 Å². The Morgan fingerprint density at radius 1 is 0.585 bits per heavy atom. The minimum atomic E-state index is -3.46. The molecule has 0 saturated carbocycles. The maximum Gasteiger partial charge on any atom is 0.331 e. The fraction of sp³-hybridized carbons (Fsp3) is 0.400. The van der Waals surface area contributed by atoms with Gasteiger partial charge < -0.3 is 42.9 Å². The highest BCUT2D eigenvalue weighted by atomic mass is 31.2. The van der Waals surface area contributed by atoms with Gasteiger partial charge in [0.25, 0.3) is 0 Å². The molecule has 0 aromatic heterocycles. The topological polar surface area (TPSA) is 150 Å². The van der Waals surface area contributed by atoms with E-state index in [4.69, 9.17) is 32.7 Å². The number of rotatable bonds is 18. The number of aliphatic hydroxyl groups is 3. The number of ether oxygens (including phenoxy) is 2. The van der Waals surface area contributed by atoms with Crippen molar-refractivity contribution in [2.24, 2.45) is 11.8 Å². The highest BCUT2D eigenvalue weighted by Crippen LogP contribution is 2.52. The molecular formula is C40H54O11P2. The van der Waals surface area contributed by atoms with Crippen molar-refractivity contribution >= 4 is 15.2 Å². The smallest absolute Gasteiger partial charge is 0.331 e. The lowest BCUT2D eigenvalue weighted by molar-refractivity contribution is -0.259. The van der Waals surface area contributed by atoms with Crippen molar-refractivity contribution < 1.29 is 52.0 Å². The van der Waals surface area contributed by atoms with Crippen LogP contribution in [0, 0.1) is 11.8 Å². The summed E-state index contributed by atoms with van der Waals surface area (Å²) in [7, 11) is -5.78. The van der Waals surface area contributed by atoms with Crippen molar-refractivity contribution in [2.75, 3.05) is 45.9 Å². The number of aliphatic hydroxyl groups excluding tert-OH is 3. The van der Waals surface area contributed by atoms with E-state index in [0.29, 0.717) is 13.2 Å². The molecule has 0 unspecified atom stereocenters. The molecule has 1 heterocycles. The third-order valence-electron chi connectivity index (χ3n) is 7.90. The van der Waals surface area contributed by atoms with Crippen LogP contribution in [0.25, 0.3) is 0 Å². The van der Waals surface area contributed by atoms with E-state index in [-0.39, 0.29) is 57.9 Å². The lowest BCUT2D eigenvalue weighted by atomic mass is 10.2. The van der Waals surface area contributed by atoms with Crippen LogP contribution in [-0.4, -0.2) is 67.0 Å². The van der Waals surface area contributed by atoms with Crippen LogP contribution in [0.2, 0.25) is 0 Å². The molecule has 11 nitrogen and oxygen atoms in total. The first-order chi connectivity index (χ1) is 25.6. The Balaban J connectivity index is 0.000000275. The second-order valence-corrected chi connectivity index (χ2v) is 16.9. The molecule has 4 aromatic carbocycles. The standard InChI is InChI=1S/C21H27O5P.C18H23O5P.CH4O/c1-21(2)23-13-20(14-24-21)17-27(22,25-15-18-9-5-3-6-10-18)26-16-19-11-7-4-8-12-19;19-11-18(12-20)15-24(21,22-13-16-7-3-1-4-8-16)23-14-17-9-5-2-6-10-17;1-2/h3-12,20H,13-17H2,1-2H3;1-10,18-20H,11-15H2;2H,1H3. The highest BCUT2D eigenvalue weighted by molar-refractivity contribution is 7.54. The Labute approximate surface area is 313 Å². The molecular weight excluding hydrogens is 718 g/mol. The van der Waals surface area contributed by atoms with Crippen molar-refractivity contribution in [3.05, 3.63) is 144 Å². The molecule has 4 aromatic rings. The van der Waals surface area contributed by atoms with Crippen molar-refractivity contribution in [2.45, 2.75) is 46.1 Å². The minimum Gasteiger partial charge on any atom is -0.400 e. The van der Waals surface area contributed by atoms with E-state index in [2.05, 4.69) is 0 Å². The monoisotopic (exact) mass is 772 g/mol. The van der Waals surface area contributed by atoms with E-state index in [1.807, 2.05) is 135 Å². The van der Waals surface area contributed by atoms with E-state index in [9.17, 15) is 19.3 Å². The summed E-state index contributed by atoms with van der Waals surface area (Å²) in [4.78, 5) is 0. The molecule has 0 radical (unpaired) electrons. The molecule has 1 saturated heterocycles. The summed E-state index contributed by atoms with van der Waals surface area (Å²) in [5.74, 6) is -1.17. The first-order valence-corrected chi connectivity index (χ1v) is 20.9. The van der Waals surface area contributed by atoms with Crippen LogP contribution in [0.3, 0.4) is 0 Å². The average Bonchev–Trinajstić information content (AvgIpc) is 3.20. The van der Waals surface area contributed by atoms with Crippen LogP contribution in [0.5, 0.6) is 0 Å². The lowest BCUT2D eigenvalue weighted by Gasteiger charge is -2.35. The molecule has 290 valence electrons. The summed E-state index contributed by atoms with van der Waals surface area (Å²) >= 11 is 0. The molecule has 13 heteroatoms. The van der Waals surface area contributed by atoms with Gasteiger partial charge in [-0.3, -0.25) is 9.13 Å². The van der Waals surface area contributed by atoms with Crippen molar-refractivity contribution in [3.63, 3.8) is 0 Å². The van der Waals surface area contributed by atoms with Gasteiger partial charge in [0.05, 0.1) is 52.0 Å². The Hall–Kier alpha value is -3.02. The molecule has 3 N–H and O–H groups in total. The molecule has 5 rings (SSSR count). The van der Waals surface area contributed by atoms with Crippen molar-refractivity contribution in [1.29, 1.82) is 0 Å². The number of benzene rings is 4. The summed E-state index contributed by atoms with van der Waals surface area (Å²) in [5.41, 5.74) is 3.67. The lowest BCUT2D eigenvalue weighted by Crippen LogP contribution is -2.40. The molecule has 53 heavy (non-hydrogen) atoms. The van der Waals surface area contributed by atoms with Gasteiger partial charge in [0.15, 0.2) is 5.79 Å². The Bertz CT molecular complexity index is 1520. The highest BCUT2D eigenvalue weighted by Gasteiger charge is 2.35. The zero-order valence-electron chi connectivity index (χ0n) is 30.8. The summed E-state index contributed by atoms with van der Waals surface area (Å²) in [6, 6.07) is 38.1. The van der Waals surface area contributed by atoms with Crippen LogP contribution in [-0.2, 0) is 63.1 Å². The fourth-order valence-electron chi connectivity index (χ4n) is 4.91. The number of hydrogen-bond acceptors (Lipinski definition) is 11. The summed E-state index contributed by atoms with van der Waals surface area (Å²) in [6.45, 7) is 4.93. The molecule has 0 aliphatic carbocycles. The van der Waals surface area contributed by atoms with Crippen LogP contribution >= 0.6 is 15.2 Å². The normalized spacial score (nSPS) is 14.5. The van der Waals surface area contributed by atoms with Crippen molar-refractivity contribution in [1.82, 2.24) is 0 Å². The molecule has 0 atom stereocenters. The molecule has 1 aliphatic rings. The van der Waals surface area contributed by atoms with Gasteiger partial charge in [-0.15, -0.1) is 0 Å². The molecule has 0 spiro atoms. The summed E-state index contributed by atoms with van der Waals surface area (Å²) in [5, 5.41) is 25.5. The van der Waals surface area contributed by atoms with Gasteiger partial charge in [-0.2, -0.15) is 0 Å². The predicted molar refractivity (Wildman–Crippen MR) is 205 cm³/mol. The van der Waals surface area contributed by atoms with Crippen LogP contribution < -0.4 is 0 Å². The minimum absolute atomic E-state index is 0.0281. The largest absolute Gasteiger partial charge is 0.400 e. The average molecular weight is 773 g/mol. The Kier molecular flexibility index (Phi) is 19.8. The zero-order valence-corrected chi connectivity index (χ0v) is 32.6. The van der Waals surface area contributed by atoms with Crippen LogP contribution in [0.4, 0.5) is 0 Å². The third-order valence-corrected chi connectivity index (χ3v) is 11.9. The predicted octanol–water partition coefficient (Wildman–Crippen LogP) is 7.83. The SMILES string of the molecule is CC1(C)OCC(CP(=O)(OCc2ccccc2)OCc2ccccc2)CO1.CO.O=P(CC(CO)CO)(OCc1ccccc1)OCc1ccccc1. The summed E-state index contributed by atoms with van der Waals surface area (Å²) < 4.78 is 60.6. The molecule has 1 fully saturated rings. The van der Waals surface area contributed by atoms with Crippen LogP contribution in [0.1, 0.15) is 36.1 Å². The van der Waals surface area contributed by atoms with Gasteiger partial charge in [-0.05, 0) is 36.1 Å². The van der Waals surface area contributed by atoms with E-state index >= 15 is 0 Å². The van der Waals surface area contributed by atoms with E-state index in [0.717, 1.165) is 29.4 Å². The second-order valence-electron chi connectivity index (χ2n) is 12.7. The first kappa shape index (κ1) is 44.4. The van der Waals surface area contributed by atoms with Gasteiger partial charge in [-0.25, -0.2) is 0 Å². The van der Waals surface area contributed by atoms with Gasteiger partial charge in [-0.1, -0.05) is 121 Å². The maximum absolute atomic E-state index is 13.4. The van der Waals surface area contributed by atoms with Gasteiger partial charge in [0.2, 0.25) is 0 Å². The Morgan fingerprint density at radius 2 is 0.887 bits per heavy atom.